The normalized spacial score (nSPS) is 10.8. The first-order valence-electron chi connectivity index (χ1n) is 7.05. The van der Waals surface area contributed by atoms with Crippen molar-refractivity contribution < 1.29 is 19.4 Å². The van der Waals surface area contributed by atoms with Gasteiger partial charge in [-0.2, -0.15) is 5.26 Å². The van der Waals surface area contributed by atoms with Gasteiger partial charge in [0.15, 0.2) is 0 Å². The first-order chi connectivity index (χ1) is 11.6. The highest BCUT2D eigenvalue weighted by Crippen LogP contribution is 2.25. The topological polar surface area (TPSA) is 79.5 Å². The van der Waals surface area contributed by atoms with Crippen molar-refractivity contribution in [3.63, 3.8) is 0 Å². The number of hydrogen-bond acceptors (Lipinski definition) is 4. The second-order valence-electron chi connectivity index (χ2n) is 4.67. The number of carbonyl (C=O) groups is 1. The summed E-state index contributed by atoms with van der Waals surface area (Å²) in [7, 11) is 0. The Kier molecular flexibility index (Phi) is 6.41. The van der Waals surface area contributed by atoms with E-state index in [1.54, 1.807) is 24.3 Å². The molecule has 0 aliphatic heterocycles. The summed E-state index contributed by atoms with van der Waals surface area (Å²) in [5.41, 5.74) is 0.140. The molecule has 122 valence electrons. The van der Waals surface area contributed by atoms with E-state index in [0.717, 1.165) is 10.2 Å². The van der Waals surface area contributed by atoms with E-state index in [4.69, 9.17) is 19.8 Å². The zero-order valence-corrected chi connectivity index (χ0v) is 14.2. The van der Waals surface area contributed by atoms with Crippen molar-refractivity contribution in [1.82, 2.24) is 0 Å². The molecular formula is C18H14BrNO4. The van der Waals surface area contributed by atoms with Gasteiger partial charge in [-0.3, -0.25) is 0 Å². The number of carboxylic acid groups (broad SMARTS) is 1. The van der Waals surface area contributed by atoms with Crippen molar-refractivity contribution in [3.8, 4) is 17.6 Å². The van der Waals surface area contributed by atoms with Gasteiger partial charge < -0.3 is 14.6 Å². The largest absolute Gasteiger partial charge is 0.490 e. The van der Waals surface area contributed by atoms with E-state index in [2.05, 4.69) is 15.9 Å². The molecule has 0 bridgehead atoms. The van der Waals surface area contributed by atoms with E-state index in [1.807, 2.05) is 30.3 Å². The predicted molar refractivity (Wildman–Crippen MR) is 92.8 cm³/mol. The van der Waals surface area contributed by atoms with Crippen LogP contribution in [0, 0.1) is 11.3 Å². The number of nitriles is 1. The summed E-state index contributed by atoms with van der Waals surface area (Å²) >= 11 is 3.32. The quantitative estimate of drug-likeness (QED) is 0.442. The third-order valence-electron chi connectivity index (χ3n) is 2.98. The van der Waals surface area contributed by atoms with Gasteiger partial charge in [-0.15, -0.1) is 0 Å². The third kappa shape index (κ3) is 5.14. The maximum absolute atomic E-state index is 11.0. The first kappa shape index (κ1) is 17.6. The van der Waals surface area contributed by atoms with Gasteiger partial charge in [0.1, 0.15) is 36.4 Å². The molecule has 0 fully saturated rings. The number of ether oxygens (including phenoxy) is 2. The van der Waals surface area contributed by atoms with Crippen molar-refractivity contribution in [2.24, 2.45) is 0 Å². The standard InChI is InChI=1S/C18H14BrNO4/c19-15-6-7-17(13(11-15)10-14(12-20)18(21)22)24-9-8-23-16-4-2-1-3-5-16/h1-7,10-11H,8-9H2,(H,21,22). The molecular weight excluding hydrogens is 374 g/mol. The molecule has 6 heteroatoms. The second kappa shape index (κ2) is 8.75. The molecule has 0 saturated heterocycles. The lowest BCUT2D eigenvalue weighted by atomic mass is 10.1. The van der Waals surface area contributed by atoms with Crippen molar-refractivity contribution in [2.45, 2.75) is 0 Å². The van der Waals surface area contributed by atoms with E-state index in [-0.39, 0.29) is 12.2 Å². The minimum Gasteiger partial charge on any atom is -0.490 e. The number of halogens is 1. The van der Waals surface area contributed by atoms with E-state index >= 15 is 0 Å². The molecule has 0 atom stereocenters. The van der Waals surface area contributed by atoms with Gasteiger partial charge in [-0.25, -0.2) is 4.79 Å². The van der Waals surface area contributed by atoms with Gasteiger partial charge >= 0.3 is 5.97 Å². The van der Waals surface area contributed by atoms with E-state index in [1.165, 1.54) is 6.08 Å². The lowest BCUT2D eigenvalue weighted by Gasteiger charge is -2.11. The summed E-state index contributed by atoms with van der Waals surface area (Å²) in [4.78, 5) is 11.0. The van der Waals surface area contributed by atoms with Crippen LogP contribution >= 0.6 is 15.9 Å². The Bertz CT molecular complexity index is 781. The molecule has 2 aromatic rings. The third-order valence-corrected chi connectivity index (χ3v) is 3.47. The molecule has 2 aromatic carbocycles. The summed E-state index contributed by atoms with van der Waals surface area (Å²) in [5.74, 6) is -0.0608. The fourth-order valence-corrected chi connectivity index (χ4v) is 2.27. The van der Waals surface area contributed by atoms with Crippen molar-refractivity contribution in [1.29, 1.82) is 5.26 Å². The maximum Gasteiger partial charge on any atom is 0.346 e. The van der Waals surface area contributed by atoms with Gasteiger partial charge in [0.25, 0.3) is 0 Å². The molecule has 0 aliphatic carbocycles. The summed E-state index contributed by atoms with van der Waals surface area (Å²) in [5, 5.41) is 17.9. The van der Waals surface area contributed by atoms with Gasteiger partial charge in [0.2, 0.25) is 0 Å². The van der Waals surface area contributed by atoms with Crippen LogP contribution in [0.4, 0.5) is 0 Å². The summed E-state index contributed by atoms with van der Waals surface area (Å²) in [6, 6.07) is 16.2. The molecule has 0 radical (unpaired) electrons. The van der Waals surface area contributed by atoms with Crippen LogP contribution in [-0.2, 0) is 4.79 Å². The molecule has 1 N–H and O–H groups in total. The number of rotatable bonds is 7. The van der Waals surface area contributed by atoms with Crippen LogP contribution in [0.15, 0.2) is 58.6 Å². The average Bonchev–Trinajstić information content (AvgIpc) is 2.58. The molecule has 24 heavy (non-hydrogen) atoms. The summed E-state index contributed by atoms with van der Waals surface area (Å²) < 4.78 is 11.9. The monoisotopic (exact) mass is 387 g/mol. The first-order valence-corrected chi connectivity index (χ1v) is 7.84. The Morgan fingerprint density at radius 3 is 2.54 bits per heavy atom. The molecule has 0 unspecified atom stereocenters. The maximum atomic E-state index is 11.0. The molecule has 0 spiro atoms. The Labute approximate surface area is 147 Å². The Morgan fingerprint density at radius 2 is 1.88 bits per heavy atom. The van der Waals surface area contributed by atoms with Gasteiger partial charge in [0.05, 0.1) is 0 Å². The van der Waals surface area contributed by atoms with Crippen molar-refractivity contribution in [3.05, 3.63) is 64.1 Å². The van der Waals surface area contributed by atoms with Crippen LogP contribution in [0.1, 0.15) is 5.56 Å². The smallest absolute Gasteiger partial charge is 0.346 e. The van der Waals surface area contributed by atoms with E-state index in [0.29, 0.717) is 17.9 Å². The van der Waals surface area contributed by atoms with Crippen LogP contribution in [0.3, 0.4) is 0 Å². The molecule has 0 heterocycles. The Morgan fingerprint density at radius 1 is 1.17 bits per heavy atom. The number of nitrogens with zero attached hydrogens (tertiary/aromatic N) is 1. The zero-order chi connectivity index (χ0) is 17.4. The summed E-state index contributed by atoms with van der Waals surface area (Å²) in [6.07, 6.45) is 1.28. The highest BCUT2D eigenvalue weighted by molar-refractivity contribution is 9.10. The SMILES string of the molecule is N#CC(=Cc1cc(Br)ccc1OCCOc1ccccc1)C(=O)O. The number of benzene rings is 2. The molecule has 0 saturated carbocycles. The Balaban J connectivity index is 2.05. The number of carboxylic acids is 1. The lowest BCUT2D eigenvalue weighted by Crippen LogP contribution is -2.09. The molecule has 0 aromatic heterocycles. The molecule has 2 rings (SSSR count). The second-order valence-corrected chi connectivity index (χ2v) is 5.58. The highest BCUT2D eigenvalue weighted by Gasteiger charge is 2.09. The fraction of sp³-hybridized carbons (Fsp3) is 0.111. The molecule has 0 aliphatic rings. The van der Waals surface area contributed by atoms with Gasteiger partial charge in [-0.1, -0.05) is 34.1 Å². The van der Waals surface area contributed by atoms with Crippen molar-refractivity contribution in [2.75, 3.05) is 13.2 Å². The molecule has 0 amide bonds. The highest BCUT2D eigenvalue weighted by atomic mass is 79.9. The molecule has 5 nitrogen and oxygen atoms in total. The number of para-hydroxylation sites is 1. The van der Waals surface area contributed by atoms with Crippen LogP contribution in [0.5, 0.6) is 11.5 Å². The number of aliphatic carboxylic acids is 1. The minimum absolute atomic E-state index is 0.284. The predicted octanol–water partition coefficient (Wildman–Crippen LogP) is 3.90. The minimum atomic E-state index is -1.28. The van der Waals surface area contributed by atoms with Crippen LogP contribution in [0.25, 0.3) is 6.08 Å². The van der Waals surface area contributed by atoms with Gasteiger partial charge in [-0.05, 0) is 36.4 Å². The van der Waals surface area contributed by atoms with Crippen LogP contribution < -0.4 is 9.47 Å². The van der Waals surface area contributed by atoms with Crippen molar-refractivity contribution >= 4 is 28.0 Å². The fourth-order valence-electron chi connectivity index (χ4n) is 1.89. The van der Waals surface area contributed by atoms with Crippen LogP contribution in [0.2, 0.25) is 0 Å². The Hall–Kier alpha value is -2.78. The summed E-state index contributed by atoms with van der Waals surface area (Å²) in [6.45, 7) is 0.625. The van der Waals surface area contributed by atoms with Gasteiger partial charge in [0, 0.05) is 10.0 Å². The van der Waals surface area contributed by atoms with Crippen LogP contribution in [-0.4, -0.2) is 24.3 Å². The van der Waals surface area contributed by atoms with E-state index in [9.17, 15) is 4.79 Å². The zero-order valence-electron chi connectivity index (χ0n) is 12.6. The lowest BCUT2D eigenvalue weighted by molar-refractivity contribution is -0.132. The average molecular weight is 388 g/mol. The van der Waals surface area contributed by atoms with E-state index < -0.39 is 5.97 Å². The number of hydrogen-bond donors (Lipinski definition) is 1.